The zero-order valence-electron chi connectivity index (χ0n) is 19.3. The van der Waals surface area contributed by atoms with Gasteiger partial charge in [-0.05, 0) is 61.4 Å². The normalized spacial score (nSPS) is 12.0. The predicted octanol–water partition coefficient (Wildman–Crippen LogP) is 4.84. The van der Waals surface area contributed by atoms with Crippen LogP contribution in [0.3, 0.4) is 0 Å². The second-order valence-electron chi connectivity index (χ2n) is 8.05. The van der Waals surface area contributed by atoms with Crippen molar-refractivity contribution in [2.75, 3.05) is 19.1 Å². The molecule has 4 aromatic rings. The van der Waals surface area contributed by atoms with Crippen molar-refractivity contribution in [2.45, 2.75) is 18.7 Å². The highest BCUT2D eigenvalue weighted by atomic mass is 32.2. The highest BCUT2D eigenvalue weighted by molar-refractivity contribution is 7.89. The molecule has 1 amide bonds. The van der Waals surface area contributed by atoms with Gasteiger partial charge in [-0.2, -0.15) is 10.1 Å². The number of amides is 1. The minimum atomic E-state index is -3.59. The lowest BCUT2D eigenvalue weighted by Crippen LogP contribution is -2.26. The van der Waals surface area contributed by atoms with Crippen molar-refractivity contribution in [1.29, 1.82) is 0 Å². The topological polar surface area (TPSA) is 82.9 Å². The minimum absolute atomic E-state index is 0.110. The highest BCUT2D eigenvalue weighted by Gasteiger charge is 2.23. The largest absolute Gasteiger partial charge is 0.280 e. The third-order valence-electron chi connectivity index (χ3n) is 5.19. The molecule has 1 heterocycles. The Hall–Kier alpha value is -3.40. The minimum Gasteiger partial charge on any atom is -0.267 e. The molecule has 0 saturated heterocycles. The van der Waals surface area contributed by atoms with Gasteiger partial charge < -0.3 is 0 Å². The second kappa shape index (κ2) is 9.46. The maximum Gasteiger partial charge on any atom is 0.280 e. The molecule has 0 N–H and O–H groups in total. The van der Waals surface area contributed by atoms with Gasteiger partial charge in [0.2, 0.25) is 15.2 Å². The van der Waals surface area contributed by atoms with E-state index in [9.17, 15) is 13.2 Å². The average molecular weight is 493 g/mol. The number of carbonyl (C=O) groups excluding carboxylic acids is 1. The molecule has 0 unspecified atom stereocenters. The van der Waals surface area contributed by atoms with Crippen LogP contribution < -0.4 is 5.01 Å². The Kier molecular flexibility index (Phi) is 6.60. The van der Waals surface area contributed by atoms with Gasteiger partial charge in [0.25, 0.3) is 5.91 Å². The van der Waals surface area contributed by atoms with E-state index in [4.69, 9.17) is 0 Å². The molecule has 4 rings (SSSR count). The lowest BCUT2D eigenvalue weighted by molar-refractivity contribution is 0.0987. The van der Waals surface area contributed by atoms with E-state index in [1.54, 1.807) is 6.21 Å². The van der Waals surface area contributed by atoms with E-state index >= 15 is 0 Å². The SMILES string of the molecule is Cc1ccc(/C=N/N(C(=O)c2ccc(S(=O)(=O)N(C)C)cc2)c2nc3ccc(C)cc3s2)cc1. The van der Waals surface area contributed by atoms with Gasteiger partial charge in [0.1, 0.15) is 0 Å². The Bertz CT molecular complexity index is 1470. The number of thiazole rings is 1. The molecule has 0 bridgehead atoms. The average Bonchev–Trinajstić information content (AvgIpc) is 3.23. The summed E-state index contributed by atoms with van der Waals surface area (Å²) in [5.41, 5.74) is 4.14. The Balaban J connectivity index is 1.73. The Morgan fingerprint density at radius 3 is 2.24 bits per heavy atom. The quantitative estimate of drug-likeness (QED) is 0.285. The van der Waals surface area contributed by atoms with Crippen LogP contribution in [-0.2, 0) is 10.0 Å². The van der Waals surface area contributed by atoms with Crippen LogP contribution in [0.25, 0.3) is 10.2 Å². The van der Waals surface area contributed by atoms with Crippen molar-refractivity contribution >= 4 is 48.8 Å². The second-order valence-corrected chi connectivity index (χ2v) is 11.2. The number of nitrogens with zero attached hydrogens (tertiary/aromatic N) is 4. The summed E-state index contributed by atoms with van der Waals surface area (Å²) >= 11 is 1.37. The van der Waals surface area contributed by atoms with Gasteiger partial charge in [0.05, 0.1) is 21.3 Å². The third kappa shape index (κ3) is 4.91. The monoisotopic (exact) mass is 492 g/mol. The van der Waals surface area contributed by atoms with Crippen LogP contribution in [0.2, 0.25) is 0 Å². The molecule has 3 aromatic carbocycles. The van der Waals surface area contributed by atoms with Crippen LogP contribution in [0.4, 0.5) is 5.13 Å². The molecule has 0 aliphatic heterocycles. The molecule has 0 saturated carbocycles. The number of aromatic nitrogens is 1. The molecule has 0 aliphatic carbocycles. The molecule has 0 spiro atoms. The van der Waals surface area contributed by atoms with E-state index in [0.29, 0.717) is 10.7 Å². The number of benzene rings is 3. The fourth-order valence-corrected chi connectivity index (χ4v) is 5.10. The molecule has 7 nitrogen and oxygen atoms in total. The molecule has 0 aliphatic rings. The number of aryl methyl sites for hydroxylation is 2. The van der Waals surface area contributed by atoms with E-state index < -0.39 is 15.9 Å². The van der Waals surface area contributed by atoms with Gasteiger partial charge >= 0.3 is 0 Å². The molecular formula is C25H24N4O3S2. The number of rotatable bonds is 6. The van der Waals surface area contributed by atoms with Crippen LogP contribution in [0, 0.1) is 13.8 Å². The molecule has 0 radical (unpaired) electrons. The fourth-order valence-electron chi connectivity index (χ4n) is 3.18. The summed E-state index contributed by atoms with van der Waals surface area (Å²) in [5.74, 6) is -0.409. The summed E-state index contributed by atoms with van der Waals surface area (Å²) < 4.78 is 26.8. The summed E-state index contributed by atoms with van der Waals surface area (Å²) in [6, 6.07) is 19.5. The zero-order valence-corrected chi connectivity index (χ0v) is 20.9. The van der Waals surface area contributed by atoms with Gasteiger partial charge in [0.15, 0.2) is 0 Å². The third-order valence-corrected chi connectivity index (χ3v) is 8.01. The van der Waals surface area contributed by atoms with Gasteiger partial charge in [-0.3, -0.25) is 4.79 Å². The fraction of sp³-hybridized carbons (Fsp3) is 0.160. The smallest absolute Gasteiger partial charge is 0.267 e. The number of sulfonamides is 1. The van der Waals surface area contributed by atoms with Gasteiger partial charge in [0, 0.05) is 19.7 Å². The highest BCUT2D eigenvalue weighted by Crippen LogP contribution is 2.31. The molecule has 0 fully saturated rings. The first-order chi connectivity index (χ1) is 16.1. The first-order valence-corrected chi connectivity index (χ1v) is 12.8. The summed E-state index contributed by atoms with van der Waals surface area (Å²) in [6.07, 6.45) is 1.61. The van der Waals surface area contributed by atoms with Crippen LogP contribution in [0.15, 0.2) is 76.7 Å². The van der Waals surface area contributed by atoms with Crippen LogP contribution in [0.1, 0.15) is 27.0 Å². The van der Waals surface area contributed by atoms with Crippen molar-refractivity contribution in [1.82, 2.24) is 9.29 Å². The summed E-state index contributed by atoms with van der Waals surface area (Å²) in [6.45, 7) is 4.00. The number of hydrogen-bond acceptors (Lipinski definition) is 6. The number of carbonyl (C=O) groups is 1. The van der Waals surface area contributed by atoms with E-state index in [1.807, 2.05) is 56.3 Å². The van der Waals surface area contributed by atoms with Crippen LogP contribution >= 0.6 is 11.3 Å². The number of fused-ring (bicyclic) bond motifs is 1. The number of hydrazone groups is 1. The molecule has 174 valence electrons. The molecular weight excluding hydrogens is 468 g/mol. The van der Waals surface area contributed by atoms with Crippen molar-refractivity contribution in [3.8, 4) is 0 Å². The van der Waals surface area contributed by atoms with Crippen molar-refractivity contribution < 1.29 is 13.2 Å². The molecule has 34 heavy (non-hydrogen) atoms. The summed E-state index contributed by atoms with van der Waals surface area (Å²) in [7, 11) is -0.668. The summed E-state index contributed by atoms with van der Waals surface area (Å²) in [5, 5.41) is 6.16. The first-order valence-electron chi connectivity index (χ1n) is 10.5. The standard InChI is InChI=1S/C25H24N4O3S2/c1-17-5-8-19(9-6-17)16-26-29(25-27-22-14-7-18(2)15-23(22)33-25)24(30)20-10-12-21(13-11-20)34(31,32)28(3)4/h5-16H,1-4H3/b26-16+. The van der Waals surface area contributed by atoms with Crippen molar-refractivity contribution in [3.05, 3.63) is 89.0 Å². The van der Waals surface area contributed by atoms with E-state index in [-0.39, 0.29) is 4.90 Å². The first kappa shape index (κ1) is 23.7. The Labute approximate surface area is 203 Å². The molecule has 1 aromatic heterocycles. The van der Waals surface area contributed by atoms with E-state index in [1.165, 1.54) is 54.7 Å². The van der Waals surface area contributed by atoms with Crippen molar-refractivity contribution in [3.63, 3.8) is 0 Å². The van der Waals surface area contributed by atoms with Crippen molar-refractivity contribution in [2.24, 2.45) is 5.10 Å². The summed E-state index contributed by atoms with van der Waals surface area (Å²) in [4.78, 5) is 18.2. The number of anilines is 1. The maximum atomic E-state index is 13.5. The van der Waals surface area contributed by atoms with E-state index in [2.05, 4.69) is 10.1 Å². The zero-order chi connectivity index (χ0) is 24.5. The van der Waals surface area contributed by atoms with Gasteiger partial charge in [-0.15, -0.1) is 0 Å². The maximum absolute atomic E-state index is 13.5. The Morgan fingerprint density at radius 1 is 0.941 bits per heavy atom. The Morgan fingerprint density at radius 2 is 1.59 bits per heavy atom. The van der Waals surface area contributed by atoms with Crippen LogP contribution in [-0.4, -0.2) is 43.9 Å². The lowest BCUT2D eigenvalue weighted by Gasteiger charge is -2.15. The predicted molar refractivity (Wildman–Crippen MR) is 137 cm³/mol. The van der Waals surface area contributed by atoms with Gasteiger partial charge in [-0.1, -0.05) is 47.2 Å². The molecule has 9 heteroatoms. The van der Waals surface area contributed by atoms with E-state index in [0.717, 1.165) is 31.2 Å². The molecule has 0 atom stereocenters. The number of hydrogen-bond donors (Lipinski definition) is 0. The van der Waals surface area contributed by atoms with Crippen LogP contribution in [0.5, 0.6) is 0 Å². The van der Waals surface area contributed by atoms with Gasteiger partial charge in [-0.25, -0.2) is 17.7 Å². The lowest BCUT2D eigenvalue weighted by atomic mass is 10.2.